The second-order valence-corrected chi connectivity index (χ2v) is 5.51. The molecular weight excluding hydrogens is 270 g/mol. The van der Waals surface area contributed by atoms with Gasteiger partial charge in [0.15, 0.2) is 6.10 Å². The molecule has 0 saturated carbocycles. The molecule has 1 saturated heterocycles. The molecule has 0 bridgehead atoms. The summed E-state index contributed by atoms with van der Waals surface area (Å²) in [6, 6.07) is 7.56. The number of piperidine rings is 1. The number of aryl methyl sites for hydroxylation is 1. The summed E-state index contributed by atoms with van der Waals surface area (Å²) in [5.74, 6) is -0.519. The SMILES string of the molecule is Cc1ccc(O[C@@H](C)C(=O)N2CCC(C(=O)O)CC2)cc1. The number of hydrogen-bond donors (Lipinski definition) is 1. The van der Waals surface area contributed by atoms with Gasteiger partial charge in [-0.1, -0.05) is 17.7 Å². The number of likely N-dealkylation sites (tertiary alicyclic amines) is 1. The van der Waals surface area contributed by atoms with Crippen LogP contribution in [0.15, 0.2) is 24.3 Å². The van der Waals surface area contributed by atoms with E-state index in [0.29, 0.717) is 31.7 Å². The van der Waals surface area contributed by atoms with Gasteiger partial charge in [-0.25, -0.2) is 0 Å². The topological polar surface area (TPSA) is 66.8 Å². The first kappa shape index (κ1) is 15.4. The highest BCUT2D eigenvalue weighted by Gasteiger charge is 2.29. The van der Waals surface area contributed by atoms with Crippen LogP contribution in [0.5, 0.6) is 5.75 Å². The first-order valence-corrected chi connectivity index (χ1v) is 7.22. The first-order valence-electron chi connectivity index (χ1n) is 7.22. The normalized spacial score (nSPS) is 17.3. The van der Waals surface area contributed by atoms with Crippen LogP contribution >= 0.6 is 0 Å². The maximum absolute atomic E-state index is 12.3. The number of rotatable bonds is 4. The Hall–Kier alpha value is -2.04. The average molecular weight is 291 g/mol. The van der Waals surface area contributed by atoms with Gasteiger partial charge in [-0.05, 0) is 38.8 Å². The molecular formula is C16H21NO4. The average Bonchev–Trinajstić information content (AvgIpc) is 2.49. The van der Waals surface area contributed by atoms with E-state index in [0.717, 1.165) is 5.56 Å². The molecule has 1 fully saturated rings. The van der Waals surface area contributed by atoms with Crippen LogP contribution in [0.3, 0.4) is 0 Å². The van der Waals surface area contributed by atoms with E-state index in [1.807, 2.05) is 31.2 Å². The number of amides is 1. The molecule has 5 heteroatoms. The van der Waals surface area contributed by atoms with Crippen LogP contribution in [0.4, 0.5) is 0 Å². The van der Waals surface area contributed by atoms with Crippen molar-refractivity contribution in [1.29, 1.82) is 0 Å². The molecule has 1 aromatic rings. The van der Waals surface area contributed by atoms with Gasteiger partial charge in [0.25, 0.3) is 5.91 Å². The van der Waals surface area contributed by atoms with Crippen molar-refractivity contribution in [1.82, 2.24) is 4.90 Å². The van der Waals surface area contributed by atoms with E-state index in [2.05, 4.69) is 0 Å². The van der Waals surface area contributed by atoms with Crippen molar-refractivity contribution in [2.45, 2.75) is 32.8 Å². The summed E-state index contributed by atoms with van der Waals surface area (Å²) in [7, 11) is 0. The Morgan fingerprint density at radius 2 is 1.81 bits per heavy atom. The second-order valence-electron chi connectivity index (χ2n) is 5.51. The predicted molar refractivity (Wildman–Crippen MR) is 78.2 cm³/mol. The number of carbonyl (C=O) groups excluding carboxylic acids is 1. The van der Waals surface area contributed by atoms with Crippen LogP contribution in [0, 0.1) is 12.8 Å². The highest BCUT2D eigenvalue weighted by atomic mass is 16.5. The molecule has 114 valence electrons. The lowest BCUT2D eigenvalue weighted by molar-refractivity contribution is -0.147. The second kappa shape index (κ2) is 6.61. The standard InChI is InChI=1S/C16H21NO4/c1-11-3-5-14(6-4-11)21-12(2)15(18)17-9-7-13(8-10-17)16(19)20/h3-6,12-13H,7-10H2,1-2H3,(H,19,20)/t12-/m0/s1. The van der Waals surface area contributed by atoms with Crippen molar-refractivity contribution in [3.8, 4) is 5.75 Å². The zero-order valence-corrected chi connectivity index (χ0v) is 12.4. The molecule has 2 rings (SSSR count). The first-order chi connectivity index (χ1) is 9.97. The molecule has 0 aliphatic carbocycles. The number of carbonyl (C=O) groups is 2. The molecule has 0 aromatic heterocycles. The number of carboxylic acids is 1. The van der Waals surface area contributed by atoms with Crippen molar-refractivity contribution < 1.29 is 19.4 Å². The number of hydrogen-bond acceptors (Lipinski definition) is 3. The summed E-state index contributed by atoms with van der Waals surface area (Å²) < 4.78 is 5.65. The lowest BCUT2D eigenvalue weighted by Gasteiger charge is -2.32. The quantitative estimate of drug-likeness (QED) is 0.922. The zero-order chi connectivity index (χ0) is 15.4. The number of carboxylic acid groups (broad SMARTS) is 1. The highest BCUT2D eigenvalue weighted by molar-refractivity contribution is 5.81. The number of nitrogens with zero attached hydrogens (tertiary/aromatic N) is 1. The van der Waals surface area contributed by atoms with Crippen LogP contribution in [-0.4, -0.2) is 41.1 Å². The van der Waals surface area contributed by atoms with Crippen LogP contribution in [0.25, 0.3) is 0 Å². The summed E-state index contributed by atoms with van der Waals surface area (Å²) in [5, 5.41) is 8.96. The van der Waals surface area contributed by atoms with Crippen LogP contribution in [0.2, 0.25) is 0 Å². The Labute approximate surface area is 124 Å². The molecule has 0 radical (unpaired) electrons. The zero-order valence-electron chi connectivity index (χ0n) is 12.4. The molecule has 1 aromatic carbocycles. The van der Waals surface area contributed by atoms with E-state index < -0.39 is 12.1 Å². The molecule has 1 N–H and O–H groups in total. The molecule has 21 heavy (non-hydrogen) atoms. The minimum absolute atomic E-state index is 0.0839. The van der Waals surface area contributed by atoms with Gasteiger partial charge in [0.1, 0.15) is 5.75 Å². The van der Waals surface area contributed by atoms with E-state index in [1.165, 1.54) is 0 Å². The summed E-state index contributed by atoms with van der Waals surface area (Å²) in [4.78, 5) is 24.9. The van der Waals surface area contributed by atoms with Crippen LogP contribution in [-0.2, 0) is 9.59 Å². The van der Waals surface area contributed by atoms with E-state index >= 15 is 0 Å². The minimum atomic E-state index is -0.772. The van der Waals surface area contributed by atoms with Crippen LogP contribution < -0.4 is 4.74 Å². The fourth-order valence-electron chi connectivity index (χ4n) is 2.48. The van der Waals surface area contributed by atoms with Gasteiger partial charge in [-0.15, -0.1) is 0 Å². The third-order valence-corrected chi connectivity index (χ3v) is 3.84. The van der Waals surface area contributed by atoms with Gasteiger partial charge in [-0.3, -0.25) is 9.59 Å². The molecule has 1 aliphatic heterocycles. The molecule has 0 spiro atoms. The smallest absolute Gasteiger partial charge is 0.306 e. The Kier molecular flexibility index (Phi) is 4.83. The van der Waals surface area contributed by atoms with Crippen molar-refractivity contribution in [3.05, 3.63) is 29.8 Å². The monoisotopic (exact) mass is 291 g/mol. The minimum Gasteiger partial charge on any atom is -0.481 e. The third kappa shape index (κ3) is 3.97. The number of benzene rings is 1. The molecule has 1 atom stereocenters. The van der Waals surface area contributed by atoms with Crippen LogP contribution in [0.1, 0.15) is 25.3 Å². The lowest BCUT2D eigenvalue weighted by Crippen LogP contribution is -2.45. The summed E-state index contributed by atoms with van der Waals surface area (Å²) in [5.41, 5.74) is 1.14. The molecule has 1 amide bonds. The summed E-state index contributed by atoms with van der Waals surface area (Å²) in [6.07, 6.45) is 0.463. The summed E-state index contributed by atoms with van der Waals surface area (Å²) >= 11 is 0. The van der Waals surface area contributed by atoms with Gasteiger partial charge in [0.05, 0.1) is 5.92 Å². The Bertz CT molecular complexity index is 504. The highest BCUT2D eigenvalue weighted by Crippen LogP contribution is 2.19. The number of ether oxygens (including phenoxy) is 1. The maximum Gasteiger partial charge on any atom is 0.306 e. The van der Waals surface area contributed by atoms with Gasteiger partial charge in [0, 0.05) is 13.1 Å². The molecule has 1 heterocycles. The predicted octanol–water partition coefficient (Wildman–Crippen LogP) is 2.09. The van der Waals surface area contributed by atoms with Gasteiger partial charge in [0.2, 0.25) is 0 Å². The van der Waals surface area contributed by atoms with Gasteiger partial charge in [-0.2, -0.15) is 0 Å². The largest absolute Gasteiger partial charge is 0.481 e. The van der Waals surface area contributed by atoms with Crippen molar-refractivity contribution >= 4 is 11.9 Å². The van der Waals surface area contributed by atoms with Crippen molar-refractivity contribution in [3.63, 3.8) is 0 Å². The van der Waals surface area contributed by atoms with E-state index in [4.69, 9.17) is 9.84 Å². The van der Waals surface area contributed by atoms with Gasteiger partial charge < -0.3 is 14.7 Å². The fraction of sp³-hybridized carbons (Fsp3) is 0.500. The van der Waals surface area contributed by atoms with E-state index in [9.17, 15) is 9.59 Å². The Balaban J connectivity index is 1.88. The third-order valence-electron chi connectivity index (χ3n) is 3.84. The van der Waals surface area contributed by atoms with E-state index in [1.54, 1.807) is 11.8 Å². The number of aliphatic carboxylic acids is 1. The Morgan fingerprint density at radius 3 is 2.33 bits per heavy atom. The Morgan fingerprint density at radius 1 is 1.24 bits per heavy atom. The van der Waals surface area contributed by atoms with Gasteiger partial charge >= 0.3 is 5.97 Å². The molecule has 0 unspecified atom stereocenters. The van der Waals surface area contributed by atoms with Crippen molar-refractivity contribution in [2.24, 2.45) is 5.92 Å². The van der Waals surface area contributed by atoms with Crippen molar-refractivity contribution in [2.75, 3.05) is 13.1 Å². The fourth-order valence-corrected chi connectivity index (χ4v) is 2.48. The maximum atomic E-state index is 12.3. The van der Waals surface area contributed by atoms with E-state index in [-0.39, 0.29) is 11.8 Å². The molecule has 5 nitrogen and oxygen atoms in total. The summed E-state index contributed by atoms with van der Waals surface area (Å²) in [6.45, 7) is 4.69. The lowest BCUT2D eigenvalue weighted by atomic mass is 9.97. The molecule has 1 aliphatic rings.